The lowest BCUT2D eigenvalue weighted by atomic mass is 10.0. The molecule has 2 aromatic carbocycles. The summed E-state index contributed by atoms with van der Waals surface area (Å²) in [6.45, 7) is 2.08. The fourth-order valence-corrected chi connectivity index (χ4v) is 1.94. The highest BCUT2D eigenvalue weighted by atomic mass is 16.5. The zero-order valence-corrected chi connectivity index (χ0v) is 10.6. The zero-order valence-electron chi connectivity index (χ0n) is 11.6. The van der Waals surface area contributed by atoms with Crippen LogP contribution in [-0.2, 0) is 11.2 Å². The van der Waals surface area contributed by atoms with Crippen molar-refractivity contribution in [2.24, 2.45) is 0 Å². The molecule has 0 aliphatic carbocycles. The lowest BCUT2D eigenvalue weighted by molar-refractivity contribution is -0.118. The second-order valence-electron chi connectivity index (χ2n) is 4.14. The van der Waals surface area contributed by atoms with Crippen molar-refractivity contribution in [3.63, 3.8) is 0 Å². The largest absolute Gasteiger partial charge is 0.497 e. The Morgan fingerprint density at radius 1 is 1.39 bits per heavy atom. The number of hydrogen-bond acceptors (Lipinski definition) is 2. The molecule has 2 aromatic rings. The molecule has 0 heterocycles. The Labute approximate surface area is 108 Å². The maximum absolute atomic E-state index is 10.9. The third kappa shape index (κ3) is 2.80. The van der Waals surface area contributed by atoms with Gasteiger partial charge < -0.3 is 10.1 Å². The molecule has 0 aliphatic heterocycles. The Hall–Kier alpha value is -2.03. The van der Waals surface area contributed by atoms with Gasteiger partial charge in [0.1, 0.15) is 5.75 Å². The summed E-state index contributed by atoms with van der Waals surface area (Å²) in [7, 11) is 1.57. The van der Waals surface area contributed by atoms with Gasteiger partial charge in [0.25, 0.3) is 0 Å². The first kappa shape index (κ1) is 11.1. The van der Waals surface area contributed by atoms with E-state index in [4.69, 9.17) is 6.11 Å². The summed E-state index contributed by atoms with van der Waals surface area (Å²) in [5.41, 5.74) is 1.05. The van der Waals surface area contributed by atoms with Crippen molar-refractivity contribution in [2.45, 2.75) is 13.3 Å². The van der Waals surface area contributed by atoms with Crippen LogP contribution in [0.15, 0.2) is 36.4 Å². The van der Waals surface area contributed by atoms with E-state index in [0.29, 0.717) is 24.8 Å². The molecule has 0 spiro atoms. The minimum atomic E-state index is -0.0380. The minimum Gasteiger partial charge on any atom is -0.497 e. The van der Waals surface area contributed by atoms with E-state index in [2.05, 4.69) is 5.32 Å². The molecule has 0 atom stereocenters. The van der Waals surface area contributed by atoms with Crippen LogP contribution in [0.4, 0.5) is 0 Å². The number of nitrogens with one attached hydrogen (secondary N) is 1. The summed E-state index contributed by atoms with van der Waals surface area (Å²) in [5.74, 6) is 0.531. The van der Waals surface area contributed by atoms with Crippen LogP contribution in [0.1, 0.15) is 13.9 Å². The zero-order chi connectivity index (χ0) is 13.8. The SMILES string of the molecule is [2H]c1c(OC)ccc2cccc(CCNC(C)=O)c12. The average molecular weight is 244 g/mol. The Morgan fingerprint density at radius 3 is 2.94 bits per heavy atom. The molecule has 0 fully saturated rings. The monoisotopic (exact) mass is 244 g/mol. The highest BCUT2D eigenvalue weighted by Gasteiger charge is 2.03. The quantitative estimate of drug-likeness (QED) is 0.897. The van der Waals surface area contributed by atoms with Gasteiger partial charge in [-0.2, -0.15) is 0 Å². The van der Waals surface area contributed by atoms with Gasteiger partial charge in [0.2, 0.25) is 5.91 Å². The average Bonchev–Trinajstić information content (AvgIpc) is 2.39. The summed E-state index contributed by atoms with van der Waals surface area (Å²) in [6.07, 6.45) is 0.704. The molecule has 0 unspecified atom stereocenters. The van der Waals surface area contributed by atoms with Crippen molar-refractivity contribution in [1.29, 1.82) is 0 Å². The summed E-state index contributed by atoms with van der Waals surface area (Å²) in [5, 5.41) is 4.69. The number of hydrogen-bond donors (Lipinski definition) is 1. The number of rotatable bonds is 4. The third-order valence-electron chi connectivity index (χ3n) is 2.83. The van der Waals surface area contributed by atoms with Gasteiger partial charge in [-0.3, -0.25) is 4.79 Å². The van der Waals surface area contributed by atoms with Crippen molar-refractivity contribution in [2.75, 3.05) is 13.7 Å². The van der Waals surface area contributed by atoms with Crippen molar-refractivity contribution in [3.05, 3.63) is 41.9 Å². The van der Waals surface area contributed by atoms with Crippen molar-refractivity contribution >= 4 is 16.7 Å². The molecular formula is C15H17NO2. The molecule has 0 saturated carbocycles. The minimum absolute atomic E-state index is 0.0380. The number of benzene rings is 2. The smallest absolute Gasteiger partial charge is 0.216 e. The first-order valence-electron chi connectivity index (χ1n) is 6.43. The number of carbonyl (C=O) groups excluding carboxylic acids is 1. The second-order valence-corrected chi connectivity index (χ2v) is 4.14. The number of amides is 1. The maximum atomic E-state index is 10.9. The lowest BCUT2D eigenvalue weighted by Crippen LogP contribution is -2.22. The van der Waals surface area contributed by atoms with Crippen molar-refractivity contribution in [1.82, 2.24) is 5.32 Å². The van der Waals surface area contributed by atoms with E-state index in [1.54, 1.807) is 7.11 Å². The van der Waals surface area contributed by atoms with Crippen LogP contribution >= 0.6 is 0 Å². The van der Waals surface area contributed by atoms with Gasteiger partial charge in [0.15, 0.2) is 0 Å². The predicted molar refractivity (Wildman–Crippen MR) is 72.9 cm³/mol. The Morgan fingerprint density at radius 2 is 2.22 bits per heavy atom. The Bertz CT molecular complexity index is 610. The molecule has 3 heteroatoms. The Kier molecular flexibility index (Phi) is 3.41. The summed E-state index contributed by atoms with van der Waals surface area (Å²) >= 11 is 0. The molecule has 3 nitrogen and oxygen atoms in total. The highest BCUT2D eigenvalue weighted by Crippen LogP contribution is 2.24. The summed E-state index contributed by atoms with van der Waals surface area (Å²) in [6, 6.07) is 10.1. The van der Waals surface area contributed by atoms with Gasteiger partial charge in [0.05, 0.1) is 8.48 Å². The van der Waals surface area contributed by atoms with Crippen LogP contribution in [0.3, 0.4) is 0 Å². The van der Waals surface area contributed by atoms with Gasteiger partial charge in [0, 0.05) is 13.5 Å². The molecular weight excluding hydrogens is 226 g/mol. The summed E-state index contributed by atoms with van der Waals surface area (Å²) in [4.78, 5) is 10.9. The molecule has 0 aliphatic rings. The number of carbonyl (C=O) groups is 1. The molecule has 1 amide bonds. The van der Waals surface area contributed by atoms with Crippen LogP contribution in [0.5, 0.6) is 5.75 Å². The highest BCUT2D eigenvalue weighted by molar-refractivity contribution is 5.87. The molecule has 0 bridgehead atoms. The van der Waals surface area contributed by atoms with Gasteiger partial charge in [-0.1, -0.05) is 24.3 Å². The first-order valence-corrected chi connectivity index (χ1v) is 5.93. The first-order chi connectivity index (χ1) is 9.13. The third-order valence-corrected chi connectivity index (χ3v) is 2.83. The van der Waals surface area contributed by atoms with Crippen LogP contribution in [-0.4, -0.2) is 19.6 Å². The lowest BCUT2D eigenvalue weighted by Gasteiger charge is -2.08. The molecule has 18 heavy (non-hydrogen) atoms. The normalized spacial score (nSPS) is 11.1. The molecule has 0 aromatic heterocycles. The van der Waals surface area contributed by atoms with E-state index in [1.165, 1.54) is 6.92 Å². The van der Waals surface area contributed by atoms with E-state index >= 15 is 0 Å². The van der Waals surface area contributed by atoms with Crippen molar-refractivity contribution in [3.8, 4) is 5.75 Å². The van der Waals surface area contributed by atoms with Crippen LogP contribution in [0.25, 0.3) is 10.8 Å². The predicted octanol–water partition coefficient (Wildman–Crippen LogP) is 2.53. The van der Waals surface area contributed by atoms with E-state index in [-0.39, 0.29) is 5.91 Å². The topological polar surface area (TPSA) is 38.3 Å². The summed E-state index contributed by atoms with van der Waals surface area (Å²) < 4.78 is 13.4. The fourth-order valence-electron chi connectivity index (χ4n) is 1.94. The molecule has 94 valence electrons. The van der Waals surface area contributed by atoms with Crippen LogP contribution < -0.4 is 10.1 Å². The van der Waals surface area contributed by atoms with E-state index in [1.807, 2.05) is 30.3 Å². The standard InChI is InChI=1S/C15H17NO2/c1-11(17)16-9-8-13-5-3-4-12-6-7-14(18-2)10-15(12)13/h3-7,10H,8-9H2,1-2H3,(H,16,17)/i10D. The second kappa shape index (κ2) is 5.54. The van der Waals surface area contributed by atoms with E-state index in [0.717, 1.165) is 16.3 Å². The Balaban J connectivity index is 2.40. The number of fused-ring (bicyclic) bond motifs is 1. The molecule has 0 saturated heterocycles. The number of methoxy groups -OCH3 is 1. The van der Waals surface area contributed by atoms with Gasteiger partial charge in [-0.25, -0.2) is 0 Å². The maximum Gasteiger partial charge on any atom is 0.216 e. The molecule has 1 N–H and O–H groups in total. The van der Waals surface area contributed by atoms with Gasteiger partial charge >= 0.3 is 0 Å². The number of ether oxygens (including phenoxy) is 1. The van der Waals surface area contributed by atoms with Gasteiger partial charge in [-0.15, -0.1) is 0 Å². The van der Waals surface area contributed by atoms with Gasteiger partial charge in [-0.05, 0) is 34.9 Å². The molecule has 2 rings (SSSR count). The van der Waals surface area contributed by atoms with E-state index in [9.17, 15) is 4.79 Å². The van der Waals surface area contributed by atoms with Crippen LogP contribution in [0, 0.1) is 0 Å². The molecule has 0 radical (unpaired) electrons. The van der Waals surface area contributed by atoms with E-state index < -0.39 is 0 Å². The van der Waals surface area contributed by atoms with Crippen molar-refractivity contribution < 1.29 is 10.9 Å². The fraction of sp³-hybridized carbons (Fsp3) is 0.267. The van der Waals surface area contributed by atoms with Crippen LogP contribution in [0.2, 0.25) is 0 Å².